The standard InChI is InChI=1S/C13H27O3Si.3C4H9.Sn/c1-8-12(10(2)11(15)9-14)16-17(6,7)13(3,4)5;3*1-3-4-2;/h1,8,10-12,14-15H,9H2,2-7H3;3*1,3-4H2,2H3;/t10-,11?,12+;;;;/m1..../s1. The van der Waals surface area contributed by atoms with Gasteiger partial charge in [0.25, 0.3) is 0 Å². The summed E-state index contributed by atoms with van der Waals surface area (Å²) in [5.41, 5.74) is 0. The van der Waals surface area contributed by atoms with Crippen LogP contribution in [0.15, 0.2) is 10.2 Å². The van der Waals surface area contributed by atoms with Gasteiger partial charge < -0.3 is 0 Å². The molecule has 0 aliphatic rings. The predicted octanol–water partition coefficient (Wildman–Crippen LogP) is 7.31. The maximum absolute atomic E-state index is 10.4. The third-order valence-corrected chi connectivity index (χ3v) is 25.9. The Morgan fingerprint density at radius 3 is 1.70 bits per heavy atom. The second-order valence-corrected chi connectivity index (χ2v) is 28.7. The fraction of sp³-hybridized carbons (Fsp3) is 0.920. The van der Waals surface area contributed by atoms with Gasteiger partial charge in [-0.25, -0.2) is 0 Å². The molecule has 0 spiro atoms. The maximum atomic E-state index is 10.4. The Labute approximate surface area is 194 Å². The topological polar surface area (TPSA) is 49.7 Å². The molecule has 0 aromatic carbocycles. The molecular weight excluding hydrogens is 495 g/mol. The van der Waals surface area contributed by atoms with E-state index in [0.29, 0.717) is 0 Å². The van der Waals surface area contributed by atoms with Crippen LogP contribution < -0.4 is 0 Å². The molecule has 0 fully saturated rings. The summed E-state index contributed by atoms with van der Waals surface area (Å²) in [7, 11) is -1.98. The van der Waals surface area contributed by atoms with Gasteiger partial charge >= 0.3 is 195 Å². The molecule has 3 nitrogen and oxygen atoms in total. The minimum absolute atomic E-state index is 0.104. The van der Waals surface area contributed by atoms with E-state index in [1.807, 2.05) is 6.92 Å². The Morgan fingerprint density at radius 1 is 0.933 bits per heavy atom. The summed E-state index contributed by atoms with van der Waals surface area (Å²) in [6.07, 6.45) is 9.34. The third-order valence-electron chi connectivity index (χ3n) is 7.27. The summed E-state index contributed by atoms with van der Waals surface area (Å²) in [6, 6.07) is 0. The van der Waals surface area contributed by atoms with Crippen LogP contribution >= 0.6 is 0 Å². The van der Waals surface area contributed by atoms with Crippen LogP contribution in [0.4, 0.5) is 0 Å². The normalized spacial score (nSPS) is 16.8. The quantitative estimate of drug-likeness (QED) is 0.199. The zero-order chi connectivity index (χ0) is 23.4. The Morgan fingerprint density at radius 2 is 1.37 bits per heavy atom. The van der Waals surface area contributed by atoms with Gasteiger partial charge in [-0.05, 0) is 0 Å². The van der Waals surface area contributed by atoms with Gasteiger partial charge in [0, 0.05) is 0 Å². The molecular formula is C25H54O3SiSn. The number of hydrogen-bond donors (Lipinski definition) is 2. The molecule has 3 atom stereocenters. The second-order valence-electron chi connectivity index (χ2n) is 11.0. The molecule has 1 unspecified atom stereocenters. The summed E-state index contributed by atoms with van der Waals surface area (Å²) in [5.74, 6) is -0.104. The van der Waals surface area contributed by atoms with Crippen LogP contribution in [0.2, 0.25) is 31.4 Å². The van der Waals surface area contributed by atoms with E-state index in [2.05, 4.69) is 64.8 Å². The van der Waals surface area contributed by atoms with Crippen molar-refractivity contribution >= 4 is 26.7 Å². The minimum atomic E-state index is -2.42. The Bertz CT molecular complexity index is 452. The van der Waals surface area contributed by atoms with Crippen molar-refractivity contribution in [2.75, 3.05) is 6.61 Å². The number of aliphatic hydroxyl groups is 2. The van der Waals surface area contributed by atoms with Crippen LogP contribution in [0.1, 0.15) is 87.0 Å². The van der Waals surface area contributed by atoms with Gasteiger partial charge in [-0.15, -0.1) is 0 Å². The van der Waals surface area contributed by atoms with E-state index in [-0.39, 0.29) is 23.7 Å². The first-order chi connectivity index (χ1) is 13.9. The fourth-order valence-electron chi connectivity index (χ4n) is 3.73. The van der Waals surface area contributed by atoms with Gasteiger partial charge in [0.1, 0.15) is 0 Å². The number of unbranched alkanes of at least 4 members (excludes halogenated alkanes) is 3. The molecule has 5 heteroatoms. The van der Waals surface area contributed by atoms with Crippen LogP contribution in [-0.2, 0) is 4.43 Å². The van der Waals surface area contributed by atoms with E-state index < -0.39 is 32.8 Å². The van der Waals surface area contributed by atoms with E-state index in [1.54, 1.807) is 0 Å². The van der Waals surface area contributed by atoms with Crippen molar-refractivity contribution in [2.24, 2.45) is 5.92 Å². The first kappa shape index (κ1) is 30.6. The molecule has 0 saturated heterocycles. The van der Waals surface area contributed by atoms with E-state index in [4.69, 9.17) is 4.43 Å². The van der Waals surface area contributed by atoms with Gasteiger partial charge in [0.2, 0.25) is 0 Å². The van der Waals surface area contributed by atoms with E-state index in [9.17, 15) is 10.2 Å². The van der Waals surface area contributed by atoms with Crippen molar-refractivity contribution in [1.29, 1.82) is 0 Å². The van der Waals surface area contributed by atoms with Crippen LogP contribution in [-0.4, -0.2) is 55.7 Å². The number of rotatable bonds is 16. The molecule has 0 aromatic rings. The molecule has 0 rings (SSSR count). The Kier molecular flexibility index (Phi) is 15.0. The van der Waals surface area contributed by atoms with Gasteiger partial charge in [-0.2, -0.15) is 0 Å². The summed E-state index contributed by atoms with van der Waals surface area (Å²) >= 11 is -2.42. The van der Waals surface area contributed by atoms with Crippen LogP contribution in [0, 0.1) is 5.92 Å². The zero-order valence-corrected chi connectivity index (χ0v) is 25.6. The SMILES string of the molecule is CCC[CH2][Sn](/[CH]=C/[C@H](O[Si](C)(C)C(C)(C)C)[C@H](C)C(O)CO)([CH2]CCC)[CH2]CCC. The number of aliphatic hydroxyl groups excluding tert-OH is 2. The van der Waals surface area contributed by atoms with E-state index >= 15 is 0 Å². The zero-order valence-electron chi connectivity index (χ0n) is 21.8. The van der Waals surface area contributed by atoms with Crippen molar-refractivity contribution < 1.29 is 14.6 Å². The van der Waals surface area contributed by atoms with Crippen molar-refractivity contribution in [3.63, 3.8) is 0 Å². The fourth-order valence-corrected chi connectivity index (χ4v) is 19.4. The summed E-state index contributed by atoms with van der Waals surface area (Å²) in [5, 5.41) is 20.1. The molecule has 0 aliphatic carbocycles. The molecule has 0 heterocycles. The van der Waals surface area contributed by atoms with Crippen molar-refractivity contribution in [2.45, 2.75) is 131 Å². The monoisotopic (exact) mass is 550 g/mol. The van der Waals surface area contributed by atoms with Crippen LogP contribution in [0.5, 0.6) is 0 Å². The first-order valence-electron chi connectivity index (χ1n) is 12.6. The Hall–Kier alpha value is 0.636. The molecule has 0 amide bonds. The van der Waals surface area contributed by atoms with Gasteiger partial charge in [0.15, 0.2) is 0 Å². The molecule has 0 radical (unpaired) electrons. The second kappa shape index (κ2) is 14.7. The van der Waals surface area contributed by atoms with Gasteiger partial charge in [-0.1, -0.05) is 0 Å². The molecule has 0 bridgehead atoms. The van der Waals surface area contributed by atoms with E-state index in [0.717, 1.165) is 0 Å². The van der Waals surface area contributed by atoms with Crippen LogP contribution in [0.3, 0.4) is 0 Å². The molecule has 2 N–H and O–H groups in total. The van der Waals surface area contributed by atoms with Crippen molar-refractivity contribution in [1.82, 2.24) is 0 Å². The third kappa shape index (κ3) is 10.5. The van der Waals surface area contributed by atoms with E-state index in [1.165, 1.54) is 51.8 Å². The average molecular weight is 550 g/mol. The summed E-state index contributed by atoms with van der Waals surface area (Å²) in [4.78, 5) is 0. The predicted molar refractivity (Wildman–Crippen MR) is 138 cm³/mol. The molecule has 180 valence electrons. The Balaban J connectivity index is 5.95. The number of hydrogen-bond acceptors (Lipinski definition) is 3. The molecule has 0 aliphatic heterocycles. The molecule has 0 saturated carbocycles. The van der Waals surface area contributed by atoms with Crippen molar-refractivity contribution in [3.8, 4) is 0 Å². The van der Waals surface area contributed by atoms with Crippen LogP contribution in [0.25, 0.3) is 0 Å². The van der Waals surface area contributed by atoms with Gasteiger partial charge in [0.05, 0.1) is 0 Å². The molecule has 30 heavy (non-hydrogen) atoms. The average Bonchev–Trinajstić information content (AvgIpc) is 2.69. The van der Waals surface area contributed by atoms with Gasteiger partial charge in [-0.3, -0.25) is 0 Å². The summed E-state index contributed by atoms with van der Waals surface area (Å²) in [6.45, 7) is 20.1. The van der Waals surface area contributed by atoms with Crippen molar-refractivity contribution in [3.05, 3.63) is 10.2 Å². The molecule has 0 aromatic heterocycles. The summed E-state index contributed by atoms with van der Waals surface area (Å²) < 4.78 is 13.8. The first-order valence-corrected chi connectivity index (χ1v) is 23.2.